The maximum absolute atomic E-state index is 10.8. The average molecular weight is 326 g/mol. The van der Waals surface area contributed by atoms with E-state index in [1.165, 1.54) is 6.08 Å². The lowest BCUT2D eigenvalue weighted by atomic mass is 9.94. The minimum Gasteiger partial charge on any atom is -0.377 e. The predicted molar refractivity (Wildman–Crippen MR) is 83.2 cm³/mol. The summed E-state index contributed by atoms with van der Waals surface area (Å²) >= 11 is 5.51. The zero-order chi connectivity index (χ0) is 14.8. The fourth-order valence-electron chi connectivity index (χ4n) is 1.69. The summed E-state index contributed by atoms with van der Waals surface area (Å²) in [4.78, 5) is 17.6. The first kappa shape index (κ1) is 17.6. The van der Waals surface area contributed by atoms with E-state index in [-0.39, 0.29) is 18.2 Å². The first-order valence-corrected chi connectivity index (χ1v) is 11.1. The number of hydrogen-bond acceptors (Lipinski definition) is 4. The lowest BCUT2D eigenvalue weighted by Crippen LogP contribution is -2.24. The van der Waals surface area contributed by atoms with E-state index in [4.69, 9.17) is 30.9 Å². The number of rotatable bonds is 5. The Morgan fingerprint density at radius 3 is 2.58 bits per heavy atom. The van der Waals surface area contributed by atoms with Gasteiger partial charge >= 0.3 is 7.60 Å². The van der Waals surface area contributed by atoms with Crippen LogP contribution in [0.3, 0.4) is 0 Å². The Hall–Kier alpha value is 0.525. The first-order chi connectivity index (χ1) is 8.51. The Morgan fingerprint density at radius 2 is 2.11 bits per heavy atom. The third-order valence-electron chi connectivity index (χ3n) is 3.16. The van der Waals surface area contributed by atoms with Crippen LogP contribution in [0.15, 0.2) is 11.9 Å². The summed E-state index contributed by atoms with van der Waals surface area (Å²) in [7, 11) is -2.23. The second-order valence-electron chi connectivity index (χ2n) is 5.19. The molecule has 1 aliphatic rings. The molecule has 0 amide bonds. The molecule has 2 N–H and O–H groups in total. The van der Waals surface area contributed by atoms with E-state index < -0.39 is 13.9 Å². The Labute approximate surface area is 120 Å². The molecule has 0 radical (unpaired) electrons. The summed E-state index contributed by atoms with van der Waals surface area (Å²) in [5.41, 5.74) is 0.305. The Kier molecular flexibility index (Phi) is 6.04. The molecule has 1 fully saturated rings. The highest BCUT2D eigenvalue weighted by Crippen LogP contribution is 2.51. The molecule has 1 rings (SSSR count). The van der Waals surface area contributed by atoms with Gasteiger partial charge in [0.25, 0.3) is 0 Å². The van der Waals surface area contributed by atoms with Crippen molar-refractivity contribution in [3.8, 4) is 0 Å². The third kappa shape index (κ3) is 5.80. The summed E-state index contributed by atoms with van der Waals surface area (Å²) in [6, 6.07) is -0.118. The van der Waals surface area contributed by atoms with Gasteiger partial charge in [-0.3, -0.25) is 4.57 Å². The topological polar surface area (TPSA) is 76.0 Å². The predicted octanol–water partition coefficient (Wildman–Crippen LogP) is 1.24. The van der Waals surface area contributed by atoms with E-state index in [1.807, 2.05) is 28.4 Å². The van der Waals surface area contributed by atoms with Crippen molar-refractivity contribution < 1.29 is 23.6 Å². The number of ether oxygens (including phenoxy) is 1. The molecule has 1 unspecified atom stereocenters. The molecule has 0 aliphatic carbocycles. The number of hydrogen-bond donors (Lipinski definition) is 2. The van der Waals surface area contributed by atoms with Gasteiger partial charge in [0.15, 0.2) is 0 Å². The molecule has 1 saturated heterocycles. The summed E-state index contributed by atoms with van der Waals surface area (Å²) in [5, 5.41) is 0. The molecule has 0 aromatic carbocycles. The molecule has 1 heterocycles. The Bertz CT molecular complexity index is 436. The largest absolute Gasteiger partial charge is 0.377 e. The second-order valence-corrected chi connectivity index (χ2v) is 11.9. The van der Waals surface area contributed by atoms with Crippen molar-refractivity contribution in [2.24, 2.45) is 0 Å². The van der Waals surface area contributed by atoms with Crippen LogP contribution < -0.4 is 0 Å². The van der Waals surface area contributed by atoms with Crippen LogP contribution in [-0.4, -0.2) is 48.2 Å². The molecule has 0 spiro atoms. The van der Waals surface area contributed by atoms with Gasteiger partial charge in [-0.05, 0) is 12.7 Å². The smallest absolute Gasteiger partial charge is 0.348 e. The molecule has 9 heteroatoms. The van der Waals surface area contributed by atoms with Crippen molar-refractivity contribution in [1.82, 2.24) is 0 Å². The highest BCUT2D eigenvalue weighted by molar-refractivity contribution is 8.12. The summed E-state index contributed by atoms with van der Waals surface area (Å²) in [5.74, 6) is 0.886. The van der Waals surface area contributed by atoms with Gasteiger partial charge in [0.05, 0.1) is 24.5 Å². The van der Waals surface area contributed by atoms with Gasteiger partial charge in [0.1, 0.15) is 7.85 Å². The molecule has 110 valence electrons. The van der Waals surface area contributed by atoms with Crippen molar-refractivity contribution in [1.29, 1.82) is 0 Å². The standard InChI is InChI=1S/C10H21BO5P2S/c1-7(2)17(3,19)16-9-6-8(15-10(9)11)4-5-18(12,13)14/h4-5,7-10H,6,11H2,1-3H3,(H2,12,13,14)/b5-4+/t8-,9-,10-,17?/m1/s1. The van der Waals surface area contributed by atoms with Gasteiger partial charge in [-0.25, -0.2) is 0 Å². The molecule has 1 aliphatic heterocycles. The molecule has 4 atom stereocenters. The monoisotopic (exact) mass is 326 g/mol. The molecular formula is C10H21BO5P2S. The van der Waals surface area contributed by atoms with E-state index in [9.17, 15) is 4.57 Å². The summed E-state index contributed by atoms with van der Waals surface area (Å²) in [6.45, 7) is 6.07. The quantitative estimate of drug-likeness (QED) is 0.585. The maximum Gasteiger partial charge on any atom is 0.348 e. The summed E-state index contributed by atoms with van der Waals surface area (Å²) < 4.78 is 22.4. The molecule has 0 aromatic rings. The SMILES string of the molecule is B[C@@H]1O[C@H](/C=C/P(=O)(O)O)C[C@H]1OP(C)(=S)C(C)C. The van der Waals surface area contributed by atoms with Gasteiger partial charge in [-0.1, -0.05) is 25.7 Å². The molecule has 0 bridgehead atoms. The van der Waals surface area contributed by atoms with Gasteiger partial charge < -0.3 is 19.0 Å². The van der Waals surface area contributed by atoms with E-state index in [0.29, 0.717) is 12.1 Å². The van der Waals surface area contributed by atoms with Crippen molar-refractivity contribution in [2.75, 3.05) is 6.66 Å². The van der Waals surface area contributed by atoms with Gasteiger partial charge in [-0.2, -0.15) is 0 Å². The Balaban J connectivity index is 2.64. The zero-order valence-corrected chi connectivity index (χ0v) is 14.2. The molecule has 19 heavy (non-hydrogen) atoms. The van der Waals surface area contributed by atoms with E-state index in [2.05, 4.69) is 0 Å². The molecule has 5 nitrogen and oxygen atoms in total. The first-order valence-electron chi connectivity index (χ1n) is 6.17. The van der Waals surface area contributed by atoms with Gasteiger partial charge in [-0.15, -0.1) is 0 Å². The van der Waals surface area contributed by atoms with Crippen molar-refractivity contribution in [3.63, 3.8) is 0 Å². The van der Waals surface area contributed by atoms with Crippen LogP contribution in [0, 0.1) is 0 Å². The van der Waals surface area contributed by atoms with Crippen molar-refractivity contribution in [3.05, 3.63) is 11.9 Å². The highest BCUT2D eigenvalue weighted by atomic mass is 32.4. The minimum atomic E-state index is -4.13. The van der Waals surface area contributed by atoms with Crippen LogP contribution in [0.5, 0.6) is 0 Å². The van der Waals surface area contributed by atoms with Crippen molar-refractivity contribution >= 4 is 33.5 Å². The molecule has 0 saturated carbocycles. The van der Waals surface area contributed by atoms with Crippen LogP contribution in [-0.2, 0) is 25.6 Å². The van der Waals surface area contributed by atoms with Gasteiger partial charge in [0.2, 0.25) is 0 Å². The Morgan fingerprint density at radius 1 is 1.53 bits per heavy atom. The molecule has 0 aromatic heterocycles. The van der Waals surface area contributed by atoms with E-state index in [0.717, 1.165) is 5.82 Å². The minimum absolute atomic E-state index is 0.107. The maximum atomic E-state index is 10.8. The normalized spacial score (nSPS) is 32.0. The van der Waals surface area contributed by atoms with Crippen LogP contribution in [0.1, 0.15) is 20.3 Å². The average Bonchev–Trinajstić information content (AvgIpc) is 2.55. The fourth-order valence-corrected chi connectivity index (χ4v) is 3.48. The molecular weight excluding hydrogens is 305 g/mol. The van der Waals surface area contributed by atoms with Crippen LogP contribution in [0.2, 0.25) is 0 Å². The van der Waals surface area contributed by atoms with Crippen LogP contribution in [0.25, 0.3) is 0 Å². The van der Waals surface area contributed by atoms with E-state index >= 15 is 0 Å². The lowest BCUT2D eigenvalue weighted by molar-refractivity contribution is 0.0899. The highest BCUT2D eigenvalue weighted by Gasteiger charge is 2.35. The van der Waals surface area contributed by atoms with Crippen molar-refractivity contribution in [2.45, 2.75) is 44.1 Å². The van der Waals surface area contributed by atoms with E-state index in [1.54, 1.807) is 0 Å². The van der Waals surface area contributed by atoms with Gasteiger partial charge in [0, 0.05) is 17.9 Å². The fraction of sp³-hybridized carbons (Fsp3) is 0.800. The lowest BCUT2D eigenvalue weighted by Gasteiger charge is -2.27. The summed E-state index contributed by atoms with van der Waals surface area (Å²) in [6.07, 6.45) is -0.293. The van der Waals surface area contributed by atoms with Crippen LogP contribution >= 0.6 is 13.9 Å². The second kappa shape index (κ2) is 6.53. The van der Waals surface area contributed by atoms with Crippen LogP contribution in [0.4, 0.5) is 0 Å². The zero-order valence-electron chi connectivity index (χ0n) is 11.6. The third-order valence-corrected chi connectivity index (χ3v) is 7.80.